The Hall–Kier alpha value is -1.36. The fourth-order valence-corrected chi connectivity index (χ4v) is 3.56. The highest BCUT2D eigenvalue weighted by atomic mass is 16.1. The SMILES string of the molecule is CCCNC(Cn1cnc2c1CCCC2)(C(N)=O)C1CC1. The largest absolute Gasteiger partial charge is 0.368 e. The number of primary amides is 1. The Labute approximate surface area is 126 Å². The molecule has 21 heavy (non-hydrogen) atoms. The van der Waals surface area contributed by atoms with E-state index in [0.717, 1.165) is 38.6 Å². The third kappa shape index (κ3) is 2.71. The molecule has 1 atom stereocenters. The van der Waals surface area contributed by atoms with Gasteiger partial charge in [0, 0.05) is 5.69 Å². The number of rotatable bonds is 7. The number of nitrogens with one attached hydrogen (secondary N) is 1. The van der Waals surface area contributed by atoms with Crippen LogP contribution in [0.5, 0.6) is 0 Å². The Morgan fingerprint density at radius 3 is 2.90 bits per heavy atom. The molecule has 0 aliphatic heterocycles. The fraction of sp³-hybridized carbons (Fsp3) is 0.750. The molecule has 1 fully saturated rings. The van der Waals surface area contributed by atoms with Crippen LogP contribution in [0.25, 0.3) is 0 Å². The Morgan fingerprint density at radius 1 is 1.48 bits per heavy atom. The number of aromatic nitrogens is 2. The van der Waals surface area contributed by atoms with Gasteiger partial charge in [-0.1, -0.05) is 6.92 Å². The summed E-state index contributed by atoms with van der Waals surface area (Å²) in [5, 5.41) is 3.47. The summed E-state index contributed by atoms with van der Waals surface area (Å²) in [7, 11) is 0. The first-order valence-electron chi connectivity index (χ1n) is 8.25. The summed E-state index contributed by atoms with van der Waals surface area (Å²) in [6.07, 6.45) is 9.68. The molecule has 0 bridgehead atoms. The van der Waals surface area contributed by atoms with Gasteiger partial charge in [0.05, 0.1) is 18.6 Å². The van der Waals surface area contributed by atoms with E-state index in [2.05, 4.69) is 21.8 Å². The van der Waals surface area contributed by atoms with Crippen LogP contribution in [0.1, 0.15) is 50.4 Å². The van der Waals surface area contributed by atoms with Crippen molar-refractivity contribution in [3.63, 3.8) is 0 Å². The van der Waals surface area contributed by atoms with Crippen molar-refractivity contribution in [1.82, 2.24) is 14.9 Å². The molecule has 1 aromatic rings. The maximum atomic E-state index is 12.2. The van der Waals surface area contributed by atoms with Crippen LogP contribution in [0, 0.1) is 5.92 Å². The van der Waals surface area contributed by atoms with Gasteiger partial charge in [0.25, 0.3) is 0 Å². The topological polar surface area (TPSA) is 72.9 Å². The molecule has 1 heterocycles. The number of hydrogen-bond donors (Lipinski definition) is 2. The van der Waals surface area contributed by atoms with Crippen LogP contribution in [0.3, 0.4) is 0 Å². The maximum absolute atomic E-state index is 12.2. The average Bonchev–Trinajstić information content (AvgIpc) is 3.26. The van der Waals surface area contributed by atoms with E-state index in [4.69, 9.17) is 5.73 Å². The maximum Gasteiger partial charge on any atom is 0.239 e. The molecule has 2 aliphatic carbocycles. The highest BCUT2D eigenvalue weighted by Crippen LogP contribution is 2.41. The molecule has 1 aromatic heterocycles. The molecule has 5 nitrogen and oxygen atoms in total. The first kappa shape index (κ1) is 14.6. The van der Waals surface area contributed by atoms with Crippen LogP contribution in [0.4, 0.5) is 0 Å². The molecule has 116 valence electrons. The Balaban J connectivity index is 1.87. The Kier molecular flexibility index (Phi) is 4.02. The smallest absolute Gasteiger partial charge is 0.239 e. The van der Waals surface area contributed by atoms with Gasteiger partial charge in [-0.25, -0.2) is 4.98 Å². The molecule has 0 spiro atoms. The van der Waals surface area contributed by atoms with Crippen LogP contribution in [-0.4, -0.2) is 27.5 Å². The van der Waals surface area contributed by atoms with E-state index >= 15 is 0 Å². The molecule has 2 aliphatic rings. The molecule has 5 heteroatoms. The molecule has 0 saturated heterocycles. The van der Waals surface area contributed by atoms with E-state index in [1.165, 1.54) is 24.2 Å². The van der Waals surface area contributed by atoms with Gasteiger partial charge in [-0.05, 0) is 57.4 Å². The van der Waals surface area contributed by atoms with Crippen molar-refractivity contribution in [2.75, 3.05) is 6.54 Å². The van der Waals surface area contributed by atoms with Crippen LogP contribution in [0.2, 0.25) is 0 Å². The van der Waals surface area contributed by atoms with E-state index in [1.54, 1.807) is 0 Å². The van der Waals surface area contributed by atoms with Gasteiger partial charge in [0.2, 0.25) is 5.91 Å². The highest BCUT2D eigenvalue weighted by molar-refractivity contribution is 5.85. The second kappa shape index (κ2) is 5.79. The summed E-state index contributed by atoms with van der Waals surface area (Å²) < 4.78 is 2.18. The quantitative estimate of drug-likeness (QED) is 0.797. The van der Waals surface area contributed by atoms with E-state index < -0.39 is 5.54 Å². The molecular formula is C16H26N4O. The predicted molar refractivity (Wildman–Crippen MR) is 81.8 cm³/mol. The van der Waals surface area contributed by atoms with Gasteiger partial charge in [-0.15, -0.1) is 0 Å². The second-order valence-corrected chi connectivity index (χ2v) is 6.51. The monoisotopic (exact) mass is 290 g/mol. The standard InChI is InChI=1S/C16H26N4O/c1-2-9-19-16(15(17)21,12-7-8-12)10-20-11-18-13-5-3-4-6-14(13)20/h11-12,19H,2-10H2,1H3,(H2,17,21). The van der Waals surface area contributed by atoms with Crippen molar-refractivity contribution in [1.29, 1.82) is 0 Å². The lowest BCUT2D eigenvalue weighted by Crippen LogP contribution is -2.60. The summed E-state index contributed by atoms with van der Waals surface area (Å²) in [4.78, 5) is 16.8. The Bertz CT molecular complexity index is 520. The van der Waals surface area contributed by atoms with Crippen LogP contribution in [0.15, 0.2) is 6.33 Å². The zero-order chi connectivity index (χ0) is 14.9. The van der Waals surface area contributed by atoms with E-state index in [0.29, 0.717) is 12.5 Å². The second-order valence-electron chi connectivity index (χ2n) is 6.51. The minimum Gasteiger partial charge on any atom is -0.368 e. The number of carbonyl (C=O) groups is 1. The van der Waals surface area contributed by atoms with E-state index in [-0.39, 0.29) is 5.91 Å². The number of carbonyl (C=O) groups excluding carboxylic acids is 1. The Morgan fingerprint density at radius 2 is 2.24 bits per heavy atom. The number of nitrogens with two attached hydrogens (primary N) is 1. The minimum absolute atomic E-state index is 0.211. The van der Waals surface area contributed by atoms with Gasteiger partial charge in [-0.2, -0.15) is 0 Å². The molecule has 3 N–H and O–H groups in total. The number of amides is 1. The van der Waals surface area contributed by atoms with Crippen molar-refractivity contribution in [3.05, 3.63) is 17.7 Å². The lowest BCUT2D eigenvalue weighted by atomic mass is 9.91. The molecule has 0 radical (unpaired) electrons. The van der Waals surface area contributed by atoms with Gasteiger partial charge >= 0.3 is 0 Å². The molecule has 0 aromatic carbocycles. The molecule has 1 saturated carbocycles. The number of imidazole rings is 1. The predicted octanol–water partition coefficient (Wildman–Crippen LogP) is 1.40. The first-order valence-corrected chi connectivity index (χ1v) is 8.25. The van der Waals surface area contributed by atoms with Crippen LogP contribution >= 0.6 is 0 Å². The van der Waals surface area contributed by atoms with Gasteiger partial charge < -0.3 is 15.6 Å². The molecular weight excluding hydrogens is 264 g/mol. The lowest BCUT2D eigenvalue weighted by Gasteiger charge is -2.33. The normalized spacial score (nSPS) is 20.8. The average molecular weight is 290 g/mol. The summed E-state index contributed by atoms with van der Waals surface area (Å²) >= 11 is 0. The summed E-state index contributed by atoms with van der Waals surface area (Å²) in [6.45, 7) is 3.58. The van der Waals surface area contributed by atoms with Crippen molar-refractivity contribution in [3.8, 4) is 0 Å². The molecule has 3 rings (SSSR count). The van der Waals surface area contributed by atoms with Crippen molar-refractivity contribution in [2.24, 2.45) is 11.7 Å². The summed E-state index contributed by atoms with van der Waals surface area (Å²) in [5.74, 6) is 0.167. The van der Waals surface area contributed by atoms with E-state index in [9.17, 15) is 4.79 Å². The highest BCUT2D eigenvalue weighted by Gasteiger charge is 2.50. The number of hydrogen-bond acceptors (Lipinski definition) is 3. The number of aryl methyl sites for hydroxylation is 1. The van der Waals surface area contributed by atoms with Crippen molar-refractivity contribution < 1.29 is 4.79 Å². The van der Waals surface area contributed by atoms with Crippen LogP contribution in [-0.2, 0) is 24.2 Å². The fourth-order valence-electron chi connectivity index (χ4n) is 3.56. The lowest BCUT2D eigenvalue weighted by molar-refractivity contribution is -0.126. The third-order valence-electron chi connectivity index (χ3n) is 4.93. The van der Waals surface area contributed by atoms with Gasteiger partial charge in [0.15, 0.2) is 0 Å². The minimum atomic E-state index is -0.595. The van der Waals surface area contributed by atoms with Crippen molar-refractivity contribution in [2.45, 2.75) is 64.0 Å². The zero-order valence-electron chi connectivity index (χ0n) is 12.9. The zero-order valence-corrected chi connectivity index (χ0v) is 12.9. The molecule has 1 unspecified atom stereocenters. The van der Waals surface area contributed by atoms with Gasteiger partial charge in [-0.3, -0.25) is 4.79 Å². The molecule has 1 amide bonds. The summed E-state index contributed by atoms with van der Waals surface area (Å²) in [5.41, 5.74) is 7.74. The number of nitrogens with zero attached hydrogens (tertiary/aromatic N) is 2. The number of fused-ring (bicyclic) bond motifs is 1. The van der Waals surface area contributed by atoms with Crippen molar-refractivity contribution >= 4 is 5.91 Å². The summed E-state index contributed by atoms with van der Waals surface area (Å²) in [6, 6.07) is 0. The third-order valence-corrected chi connectivity index (χ3v) is 4.93. The van der Waals surface area contributed by atoms with Gasteiger partial charge in [0.1, 0.15) is 5.54 Å². The van der Waals surface area contributed by atoms with Crippen LogP contribution < -0.4 is 11.1 Å². The first-order chi connectivity index (χ1) is 10.2. The van der Waals surface area contributed by atoms with E-state index in [1.807, 2.05) is 6.33 Å².